The number of anilines is 2. The van der Waals surface area contributed by atoms with Crippen molar-refractivity contribution in [1.29, 1.82) is 0 Å². The van der Waals surface area contributed by atoms with E-state index in [0.29, 0.717) is 0 Å². The number of nitrogens with zero attached hydrogens (tertiary/aromatic N) is 1. The maximum atomic E-state index is 12.6. The molecule has 1 heterocycles. The van der Waals surface area contributed by atoms with E-state index in [0.717, 1.165) is 31.4 Å². The molecule has 2 rings (SSSR count). The van der Waals surface area contributed by atoms with E-state index in [1.165, 1.54) is 24.4 Å². The van der Waals surface area contributed by atoms with Gasteiger partial charge >= 0.3 is 11.9 Å². The summed E-state index contributed by atoms with van der Waals surface area (Å²) in [5.74, 6) is -2.31. The predicted octanol–water partition coefficient (Wildman–Crippen LogP) is 1.62. The van der Waals surface area contributed by atoms with E-state index in [2.05, 4.69) is 15.0 Å². The summed E-state index contributed by atoms with van der Waals surface area (Å²) in [6, 6.07) is 4.18. The van der Waals surface area contributed by atoms with Gasteiger partial charge in [0.15, 0.2) is 5.13 Å². The molecule has 0 aliphatic heterocycles. The van der Waals surface area contributed by atoms with Gasteiger partial charge in [0.1, 0.15) is 22.1 Å². The molecule has 0 saturated carbocycles. The van der Waals surface area contributed by atoms with Crippen molar-refractivity contribution in [3.05, 3.63) is 30.0 Å². The number of thiazole rings is 1. The molecule has 1 aromatic heterocycles. The summed E-state index contributed by atoms with van der Waals surface area (Å²) in [6.45, 7) is 2.31. The van der Waals surface area contributed by atoms with Crippen LogP contribution in [0.25, 0.3) is 0 Å². The molecular formula is C15H15N3O7S2. The molecule has 0 spiro atoms. The lowest BCUT2D eigenvalue weighted by Crippen LogP contribution is -2.17. The molecule has 12 heteroatoms. The number of hydrogen-bond acceptors (Lipinski definition) is 9. The predicted molar refractivity (Wildman–Crippen MR) is 97.6 cm³/mol. The van der Waals surface area contributed by atoms with Gasteiger partial charge in [-0.3, -0.25) is 24.4 Å². The normalized spacial score (nSPS) is 10.8. The highest BCUT2D eigenvalue weighted by atomic mass is 32.2. The third-order valence-electron chi connectivity index (χ3n) is 2.73. The molecule has 0 radical (unpaired) electrons. The van der Waals surface area contributed by atoms with Gasteiger partial charge in [0.05, 0.1) is 12.5 Å². The molecule has 0 fully saturated rings. The number of nitrogens with one attached hydrogen (secondary N) is 2. The number of carbonyl (C=O) groups is 3. The van der Waals surface area contributed by atoms with Crippen molar-refractivity contribution in [3.8, 4) is 11.5 Å². The van der Waals surface area contributed by atoms with Gasteiger partial charge in [-0.15, -0.1) is 0 Å². The molecule has 0 saturated heterocycles. The van der Waals surface area contributed by atoms with Gasteiger partial charge < -0.3 is 9.47 Å². The summed E-state index contributed by atoms with van der Waals surface area (Å²) in [6.07, 6.45) is 2.21. The Labute approximate surface area is 158 Å². The first kappa shape index (κ1) is 20.3. The first-order valence-electron chi connectivity index (χ1n) is 7.30. The van der Waals surface area contributed by atoms with Crippen LogP contribution in [0, 0.1) is 0 Å². The van der Waals surface area contributed by atoms with Crippen LogP contribution in [0.3, 0.4) is 0 Å². The van der Waals surface area contributed by atoms with E-state index in [9.17, 15) is 22.8 Å². The van der Waals surface area contributed by atoms with Crippen molar-refractivity contribution in [3.63, 3.8) is 0 Å². The third kappa shape index (κ3) is 6.04. The second kappa shape index (κ2) is 8.14. The summed E-state index contributed by atoms with van der Waals surface area (Å²) in [7, 11) is -3.49. The van der Waals surface area contributed by atoms with Crippen LogP contribution < -0.4 is 19.5 Å². The minimum absolute atomic E-state index is 0.0811. The molecule has 0 atom stereocenters. The van der Waals surface area contributed by atoms with Gasteiger partial charge in [-0.25, -0.2) is 13.4 Å². The molecular weight excluding hydrogens is 398 g/mol. The van der Waals surface area contributed by atoms with E-state index >= 15 is 0 Å². The Hall–Kier alpha value is -2.99. The Bertz CT molecular complexity index is 964. The van der Waals surface area contributed by atoms with Gasteiger partial charge in [0.2, 0.25) is 10.0 Å². The molecule has 0 aliphatic carbocycles. The van der Waals surface area contributed by atoms with Crippen molar-refractivity contribution in [2.45, 2.75) is 13.8 Å². The van der Waals surface area contributed by atoms with Gasteiger partial charge in [-0.2, -0.15) is 0 Å². The third-order valence-corrected chi connectivity index (χ3v) is 4.28. The fourth-order valence-corrected chi connectivity index (χ4v) is 3.54. The number of carbonyl (C=O) groups excluding carboxylic acids is 3. The van der Waals surface area contributed by atoms with Crippen molar-refractivity contribution >= 4 is 49.3 Å². The smallest absolute Gasteiger partial charge is 0.308 e. The van der Waals surface area contributed by atoms with Gasteiger partial charge in [-0.1, -0.05) is 17.4 Å². The first-order chi connectivity index (χ1) is 12.5. The number of benzene rings is 1. The zero-order valence-electron chi connectivity index (χ0n) is 14.4. The van der Waals surface area contributed by atoms with Crippen LogP contribution in [-0.4, -0.2) is 37.5 Å². The summed E-state index contributed by atoms with van der Waals surface area (Å²) >= 11 is 0.873. The summed E-state index contributed by atoms with van der Waals surface area (Å²) in [5, 5.41) is 2.72. The van der Waals surface area contributed by atoms with Crippen molar-refractivity contribution in [2.75, 3.05) is 16.3 Å². The molecule has 0 unspecified atom stereocenters. The zero-order valence-corrected chi connectivity index (χ0v) is 16.1. The second-order valence-electron chi connectivity index (χ2n) is 5.17. The van der Waals surface area contributed by atoms with Gasteiger partial charge in [0.25, 0.3) is 5.91 Å². The van der Waals surface area contributed by atoms with E-state index in [-0.39, 0.29) is 27.2 Å². The molecule has 27 heavy (non-hydrogen) atoms. The zero-order chi connectivity index (χ0) is 20.2. The topological polar surface area (TPSA) is 141 Å². The molecule has 10 nitrogen and oxygen atoms in total. The van der Waals surface area contributed by atoms with E-state index < -0.39 is 27.9 Å². The maximum Gasteiger partial charge on any atom is 0.308 e. The summed E-state index contributed by atoms with van der Waals surface area (Å²) in [5.41, 5.74) is -0.185. The molecule has 2 aromatic rings. The number of ether oxygens (including phenoxy) is 2. The largest absolute Gasteiger partial charge is 0.426 e. The monoisotopic (exact) mass is 413 g/mol. The number of rotatable bonds is 6. The number of sulfonamides is 1. The molecule has 144 valence electrons. The highest BCUT2D eigenvalue weighted by Crippen LogP contribution is 2.31. The first-order valence-corrected chi connectivity index (χ1v) is 10.0. The Morgan fingerprint density at radius 2 is 1.63 bits per heavy atom. The lowest BCUT2D eigenvalue weighted by atomic mass is 10.1. The van der Waals surface area contributed by atoms with E-state index in [1.807, 2.05) is 0 Å². The second-order valence-corrected chi connectivity index (χ2v) is 7.95. The molecule has 1 amide bonds. The Morgan fingerprint density at radius 1 is 1.07 bits per heavy atom. The average molecular weight is 413 g/mol. The van der Waals surface area contributed by atoms with Crippen LogP contribution in [-0.2, 0) is 19.6 Å². The fourth-order valence-electron chi connectivity index (χ4n) is 1.94. The molecule has 0 aliphatic rings. The minimum atomic E-state index is -3.49. The van der Waals surface area contributed by atoms with E-state index in [1.54, 1.807) is 0 Å². The molecule has 1 aromatic carbocycles. The maximum absolute atomic E-state index is 12.6. The lowest BCUT2D eigenvalue weighted by Gasteiger charge is -2.12. The van der Waals surface area contributed by atoms with Crippen LogP contribution in [0.2, 0.25) is 0 Å². The number of esters is 2. The quantitative estimate of drug-likeness (QED) is 0.538. The summed E-state index contributed by atoms with van der Waals surface area (Å²) in [4.78, 5) is 39.1. The Kier molecular flexibility index (Phi) is 6.13. The van der Waals surface area contributed by atoms with E-state index in [4.69, 9.17) is 9.47 Å². The van der Waals surface area contributed by atoms with Crippen molar-refractivity contribution in [2.24, 2.45) is 0 Å². The standard InChI is InChI=1S/C15H15N3O7S2/c1-8(19)24-10-5-4-6-11(25-9(2)20)13(10)14(21)17-15-16-7-12(26-15)18-27(3,22)23/h4-7,18H,1-3H3,(H,16,17,21). The Balaban J connectivity index is 2.33. The Morgan fingerprint density at radius 3 is 2.11 bits per heavy atom. The molecule has 0 bridgehead atoms. The van der Waals surface area contributed by atoms with Gasteiger partial charge in [0, 0.05) is 13.8 Å². The summed E-state index contributed by atoms with van der Waals surface area (Å²) < 4.78 is 34.7. The lowest BCUT2D eigenvalue weighted by molar-refractivity contribution is -0.132. The van der Waals surface area contributed by atoms with Gasteiger partial charge in [-0.05, 0) is 12.1 Å². The highest BCUT2D eigenvalue weighted by molar-refractivity contribution is 7.92. The highest BCUT2D eigenvalue weighted by Gasteiger charge is 2.22. The van der Waals surface area contributed by atoms with Crippen LogP contribution in [0.1, 0.15) is 24.2 Å². The van der Waals surface area contributed by atoms with Crippen LogP contribution in [0.15, 0.2) is 24.4 Å². The number of aromatic nitrogens is 1. The fraction of sp³-hybridized carbons (Fsp3) is 0.200. The minimum Gasteiger partial charge on any atom is -0.426 e. The van der Waals surface area contributed by atoms with Crippen LogP contribution in [0.4, 0.5) is 10.1 Å². The van der Waals surface area contributed by atoms with Crippen LogP contribution >= 0.6 is 11.3 Å². The number of amides is 1. The van der Waals surface area contributed by atoms with Crippen LogP contribution in [0.5, 0.6) is 11.5 Å². The number of hydrogen-bond donors (Lipinski definition) is 2. The van der Waals surface area contributed by atoms with Crippen molar-refractivity contribution < 1.29 is 32.3 Å². The SMILES string of the molecule is CC(=O)Oc1cccc(OC(C)=O)c1C(=O)Nc1ncc(NS(C)(=O)=O)s1. The van der Waals surface area contributed by atoms with Crippen molar-refractivity contribution in [1.82, 2.24) is 4.98 Å². The molecule has 2 N–H and O–H groups in total. The average Bonchev–Trinajstić information content (AvgIpc) is 2.90.